The van der Waals surface area contributed by atoms with Crippen molar-refractivity contribution in [3.63, 3.8) is 0 Å². The van der Waals surface area contributed by atoms with Crippen molar-refractivity contribution in [2.24, 2.45) is 0 Å². The molecule has 1 aromatic carbocycles. The Kier molecular flexibility index (Phi) is 3.21. The average Bonchev–Trinajstić information content (AvgIpc) is 2.76. The van der Waals surface area contributed by atoms with E-state index in [9.17, 15) is 9.18 Å². The van der Waals surface area contributed by atoms with Crippen molar-refractivity contribution in [1.29, 1.82) is 0 Å². The smallest absolute Gasteiger partial charge is 0.407 e. The highest BCUT2D eigenvalue weighted by atomic mass is 79.9. The Labute approximate surface area is 122 Å². The molecular weight excluding hydrogens is 329 g/mol. The second-order valence-electron chi connectivity index (χ2n) is 4.53. The number of carboxylic acid groups (broad SMARTS) is 1. The van der Waals surface area contributed by atoms with Crippen LogP contribution < -0.4 is 0 Å². The molecule has 7 heteroatoms. The number of benzene rings is 1. The average molecular weight is 340 g/mol. The van der Waals surface area contributed by atoms with Gasteiger partial charge in [-0.15, -0.1) is 0 Å². The van der Waals surface area contributed by atoms with Crippen LogP contribution in [-0.4, -0.2) is 32.2 Å². The molecule has 20 heavy (non-hydrogen) atoms. The topological polar surface area (TPSA) is 58.4 Å². The van der Waals surface area contributed by atoms with Crippen molar-refractivity contribution in [2.45, 2.75) is 13.1 Å². The van der Waals surface area contributed by atoms with Gasteiger partial charge < -0.3 is 9.67 Å². The zero-order chi connectivity index (χ0) is 14.3. The van der Waals surface area contributed by atoms with E-state index in [1.54, 1.807) is 12.1 Å². The molecule has 0 saturated carbocycles. The largest absolute Gasteiger partial charge is 0.465 e. The van der Waals surface area contributed by atoms with Gasteiger partial charge in [0.2, 0.25) is 0 Å². The summed E-state index contributed by atoms with van der Waals surface area (Å²) in [6, 6.07) is 6.07. The first-order chi connectivity index (χ1) is 9.56. The maximum absolute atomic E-state index is 13.0. The number of hydrogen-bond acceptors (Lipinski definition) is 2. The number of carbonyl (C=O) groups is 1. The summed E-state index contributed by atoms with van der Waals surface area (Å²) in [4.78, 5) is 16.8. The third kappa shape index (κ3) is 2.18. The van der Waals surface area contributed by atoms with E-state index < -0.39 is 6.09 Å². The third-order valence-corrected chi connectivity index (χ3v) is 4.10. The van der Waals surface area contributed by atoms with Crippen molar-refractivity contribution in [3.05, 3.63) is 40.5 Å². The van der Waals surface area contributed by atoms with E-state index in [1.807, 2.05) is 4.57 Å². The van der Waals surface area contributed by atoms with Gasteiger partial charge in [-0.3, -0.25) is 4.90 Å². The first-order valence-corrected chi connectivity index (χ1v) is 6.84. The van der Waals surface area contributed by atoms with Crippen LogP contribution in [0.3, 0.4) is 0 Å². The quantitative estimate of drug-likeness (QED) is 0.868. The van der Waals surface area contributed by atoms with Gasteiger partial charge in [-0.05, 0) is 40.2 Å². The predicted octanol–water partition coefficient (Wildman–Crippen LogP) is 2.95. The van der Waals surface area contributed by atoms with Gasteiger partial charge in [0.25, 0.3) is 0 Å². The molecule has 1 N–H and O–H groups in total. The van der Waals surface area contributed by atoms with Crippen LogP contribution in [0.4, 0.5) is 9.18 Å². The predicted molar refractivity (Wildman–Crippen MR) is 73.8 cm³/mol. The van der Waals surface area contributed by atoms with E-state index in [4.69, 9.17) is 5.11 Å². The van der Waals surface area contributed by atoms with Crippen molar-refractivity contribution in [1.82, 2.24) is 14.5 Å². The number of nitrogens with zero attached hydrogens (tertiary/aromatic N) is 3. The van der Waals surface area contributed by atoms with Gasteiger partial charge in [0.15, 0.2) is 0 Å². The Balaban J connectivity index is 1.99. The second-order valence-corrected chi connectivity index (χ2v) is 5.28. The molecule has 2 heterocycles. The minimum atomic E-state index is -0.946. The molecule has 0 fully saturated rings. The summed E-state index contributed by atoms with van der Waals surface area (Å²) in [5.41, 5.74) is 1.49. The molecule has 0 radical (unpaired) electrons. The number of fused-ring (bicyclic) bond motifs is 1. The number of amides is 1. The minimum absolute atomic E-state index is 0.259. The van der Waals surface area contributed by atoms with Crippen LogP contribution in [0.2, 0.25) is 0 Å². The number of aromatic nitrogens is 2. The molecule has 2 aromatic rings. The van der Waals surface area contributed by atoms with Crippen LogP contribution in [0, 0.1) is 5.82 Å². The van der Waals surface area contributed by atoms with Crippen molar-refractivity contribution < 1.29 is 14.3 Å². The van der Waals surface area contributed by atoms with Gasteiger partial charge in [0, 0.05) is 18.7 Å². The number of imidazole rings is 1. The molecular formula is C13H11BrFN3O2. The van der Waals surface area contributed by atoms with E-state index in [0.29, 0.717) is 24.6 Å². The second kappa shape index (κ2) is 4.90. The summed E-state index contributed by atoms with van der Waals surface area (Å²) in [5, 5.41) is 9.02. The van der Waals surface area contributed by atoms with E-state index in [0.717, 1.165) is 10.2 Å². The lowest BCUT2D eigenvalue weighted by Gasteiger charge is -2.25. The van der Waals surface area contributed by atoms with Crippen LogP contribution in [0.1, 0.15) is 5.82 Å². The fraction of sp³-hybridized carbons (Fsp3) is 0.231. The summed E-state index contributed by atoms with van der Waals surface area (Å²) in [5.74, 6) is 0.385. The number of halogens is 2. The summed E-state index contributed by atoms with van der Waals surface area (Å²) in [6.45, 7) is 1.24. The molecule has 1 aliphatic heterocycles. The molecule has 1 aliphatic rings. The molecule has 0 aliphatic carbocycles. The monoisotopic (exact) mass is 339 g/mol. The first-order valence-electron chi connectivity index (χ1n) is 6.05. The van der Waals surface area contributed by atoms with Gasteiger partial charge >= 0.3 is 6.09 Å². The fourth-order valence-corrected chi connectivity index (χ4v) is 2.95. The SMILES string of the molecule is O=C(O)N1CCn2c(nc(-c3ccc(F)cc3)c2Br)C1. The molecule has 0 saturated heterocycles. The minimum Gasteiger partial charge on any atom is -0.465 e. The Bertz CT molecular complexity index is 669. The highest BCUT2D eigenvalue weighted by Gasteiger charge is 2.25. The Morgan fingerprint density at radius 1 is 1.30 bits per heavy atom. The molecule has 1 amide bonds. The lowest BCUT2D eigenvalue weighted by atomic mass is 10.2. The Morgan fingerprint density at radius 2 is 2.00 bits per heavy atom. The summed E-state index contributed by atoms with van der Waals surface area (Å²) < 4.78 is 15.7. The van der Waals surface area contributed by atoms with E-state index in [1.165, 1.54) is 17.0 Å². The van der Waals surface area contributed by atoms with Crippen molar-refractivity contribution in [3.8, 4) is 11.3 Å². The number of rotatable bonds is 1. The molecule has 1 aromatic heterocycles. The summed E-state index contributed by atoms with van der Waals surface area (Å²) in [6.07, 6.45) is -0.946. The molecule has 104 valence electrons. The maximum Gasteiger partial charge on any atom is 0.407 e. The molecule has 0 atom stereocenters. The lowest BCUT2D eigenvalue weighted by Crippen LogP contribution is -2.37. The Hall–Kier alpha value is -1.89. The van der Waals surface area contributed by atoms with Crippen molar-refractivity contribution in [2.75, 3.05) is 6.54 Å². The molecule has 3 rings (SSSR count). The van der Waals surface area contributed by atoms with Crippen LogP contribution in [-0.2, 0) is 13.1 Å². The molecule has 0 unspecified atom stereocenters. The van der Waals surface area contributed by atoms with E-state index in [-0.39, 0.29) is 12.4 Å². The van der Waals surface area contributed by atoms with Crippen LogP contribution in [0.15, 0.2) is 28.9 Å². The molecule has 0 spiro atoms. The first kappa shape index (κ1) is 13.1. The molecule has 5 nitrogen and oxygen atoms in total. The van der Waals surface area contributed by atoms with Crippen LogP contribution in [0.5, 0.6) is 0 Å². The standard InChI is InChI=1S/C13H11BrFN3O2/c14-12-11(8-1-3-9(15)4-2-8)16-10-7-17(13(19)20)5-6-18(10)12/h1-4H,5-7H2,(H,19,20). The van der Waals surface area contributed by atoms with Crippen LogP contribution in [0.25, 0.3) is 11.3 Å². The van der Waals surface area contributed by atoms with Gasteiger partial charge in [0.05, 0.1) is 6.54 Å². The van der Waals surface area contributed by atoms with Crippen molar-refractivity contribution >= 4 is 22.0 Å². The highest BCUT2D eigenvalue weighted by Crippen LogP contribution is 2.30. The van der Waals surface area contributed by atoms with E-state index >= 15 is 0 Å². The van der Waals surface area contributed by atoms with E-state index in [2.05, 4.69) is 20.9 Å². The fourth-order valence-electron chi connectivity index (χ4n) is 2.25. The maximum atomic E-state index is 13.0. The third-order valence-electron chi connectivity index (χ3n) is 3.30. The summed E-state index contributed by atoms with van der Waals surface area (Å²) in [7, 11) is 0. The van der Waals surface area contributed by atoms with Gasteiger partial charge in [0.1, 0.15) is 21.9 Å². The zero-order valence-electron chi connectivity index (χ0n) is 10.4. The normalized spacial score (nSPS) is 14.2. The Morgan fingerprint density at radius 3 is 2.65 bits per heavy atom. The van der Waals surface area contributed by atoms with Gasteiger partial charge in [-0.2, -0.15) is 0 Å². The summed E-state index contributed by atoms with van der Waals surface area (Å²) >= 11 is 3.49. The van der Waals surface area contributed by atoms with Crippen LogP contribution >= 0.6 is 15.9 Å². The van der Waals surface area contributed by atoms with Gasteiger partial charge in [-0.1, -0.05) is 0 Å². The highest BCUT2D eigenvalue weighted by molar-refractivity contribution is 9.10. The zero-order valence-corrected chi connectivity index (χ0v) is 12.0. The number of hydrogen-bond donors (Lipinski definition) is 1. The lowest BCUT2D eigenvalue weighted by molar-refractivity contribution is 0.131. The molecule has 0 bridgehead atoms. The van der Waals surface area contributed by atoms with Gasteiger partial charge in [-0.25, -0.2) is 14.2 Å².